The van der Waals surface area contributed by atoms with Gasteiger partial charge in [-0.25, -0.2) is 0 Å². The van der Waals surface area contributed by atoms with Crippen LogP contribution in [0.1, 0.15) is 25.3 Å². The van der Waals surface area contributed by atoms with Crippen LogP contribution in [0.15, 0.2) is 42.5 Å². The molecule has 3 rings (SSSR count). The van der Waals surface area contributed by atoms with Crippen molar-refractivity contribution in [2.75, 3.05) is 33.4 Å². The van der Waals surface area contributed by atoms with Crippen LogP contribution in [0, 0.1) is 0 Å². The molecule has 2 aromatic rings. The number of para-hydroxylation sites is 3. The maximum atomic E-state index is 6.01. The van der Waals surface area contributed by atoms with Gasteiger partial charge in [-0.1, -0.05) is 38.1 Å². The molecule has 148 valence electrons. The number of benzene rings is 2. The number of halogens is 1. The number of ether oxygens (including phenoxy) is 4. The van der Waals surface area contributed by atoms with Gasteiger partial charge in [-0.05, 0) is 24.1 Å². The zero-order valence-corrected chi connectivity index (χ0v) is 16.9. The van der Waals surface area contributed by atoms with Crippen molar-refractivity contribution in [1.82, 2.24) is 5.32 Å². The zero-order valence-electron chi connectivity index (χ0n) is 16.1. The second-order valence-electron chi connectivity index (χ2n) is 6.58. The zero-order chi connectivity index (χ0) is 18.4. The first kappa shape index (κ1) is 21.2. The summed E-state index contributed by atoms with van der Waals surface area (Å²) in [5, 5.41) is 3.37. The lowest BCUT2D eigenvalue weighted by Gasteiger charge is -2.26. The second kappa shape index (κ2) is 10.3. The van der Waals surface area contributed by atoms with Gasteiger partial charge in [0.25, 0.3) is 0 Å². The molecule has 1 atom stereocenters. The molecule has 0 amide bonds. The fourth-order valence-electron chi connectivity index (χ4n) is 2.95. The molecule has 5 nitrogen and oxygen atoms in total. The van der Waals surface area contributed by atoms with Crippen molar-refractivity contribution in [2.45, 2.75) is 25.9 Å². The van der Waals surface area contributed by atoms with E-state index in [2.05, 4.69) is 25.2 Å². The minimum atomic E-state index is 0. The molecule has 1 aliphatic heterocycles. The molecule has 27 heavy (non-hydrogen) atoms. The summed E-state index contributed by atoms with van der Waals surface area (Å²) in [5.41, 5.74) is 1.16. The third kappa shape index (κ3) is 5.44. The van der Waals surface area contributed by atoms with E-state index in [4.69, 9.17) is 18.9 Å². The van der Waals surface area contributed by atoms with E-state index in [0.29, 0.717) is 25.7 Å². The van der Waals surface area contributed by atoms with Crippen LogP contribution >= 0.6 is 12.4 Å². The van der Waals surface area contributed by atoms with Crippen molar-refractivity contribution in [2.24, 2.45) is 0 Å². The van der Waals surface area contributed by atoms with Gasteiger partial charge < -0.3 is 24.3 Å². The summed E-state index contributed by atoms with van der Waals surface area (Å²) >= 11 is 0. The highest BCUT2D eigenvalue weighted by Crippen LogP contribution is 2.35. The van der Waals surface area contributed by atoms with Gasteiger partial charge >= 0.3 is 0 Å². The first-order valence-electron chi connectivity index (χ1n) is 9.08. The molecule has 1 N–H and O–H groups in total. The Morgan fingerprint density at radius 2 is 1.89 bits per heavy atom. The van der Waals surface area contributed by atoms with Crippen LogP contribution in [-0.2, 0) is 0 Å². The molecule has 0 aromatic heterocycles. The molecule has 1 heterocycles. The average Bonchev–Trinajstić information content (AvgIpc) is 2.67. The van der Waals surface area contributed by atoms with Crippen LogP contribution < -0.4 is 24.3 Å². The van der Waals surface area contributed by atoms with Crippen molar-refractivity contribution in [3.05, 3.63) is 48.0 Å². The van der Waals surface area contributed by atoms with Gasteiger partial charge in [-0.15, -0.1) is 12.4 Å². The Morgan fingerprint density at radius 3 is 2.63 bits per heavy atom. The van der Waals surface area contributed by atoms with Crippen molar-refractivity contribution in [1.29, 1.82) is 0 Å². The molecule has 0 fully saturated rings. The Kier molecular flexibility index (Phi) is 8.07. The summed E-state index contributed by atoms with van der Waals surface area (Å²) in [6.07, 6.45) is 0.00221. The maximum Gasteiger partial charge on any atom is 0.164 e. The minimum Gasteiger partial charge on any atom is -0.493 e. The molecule has 1 aliphatic rings. The number of hydrogen-bond donors (Lipinski definition) is 1. The number of rotatable bonds is 8. The van der Waals surface area contributed by atoms with E-state index in [-0.39, 0.29) is 18.5 Å². The average molecular weight is 394 g/mol. The molecule has 0 saturated heterocycles. The molecular formula is C21H28ClNO4. The van der Waals surface area contributed by atoms with E-state index in [1.54, 1.807) is 7.11 Å². The van der Waals surface area contributed by atoms with E-state index in [1.807, 2.05) is 36.4 Å². The SMILES string of the molecule is COc1cccc(C(C)C)c1OCCNC[C@H]1COc2ccccc2O1.Cl. The lowest BCUT2D eigenvalue weighted by atomic mass is 10.0. The van der Waals surface area contributed by atoms with Gasteiger partial charge in [-0.3, -0.25) is 0 Å². The Balaban J connectivity index is 0.00000261. The number of hydrogen-bond acceptors (Lipinski definition) is 5. The van der Waals surface area contributed by atoms with Crippen LogP contribution in [0.3, 0.4) is 0 Å². The highest BCUT2D eigenvalue weighted by atomic mass is 35.5. The topological polar surface area (TPSA) is 49.0 Å². The first-order chi connectivity index (χ1) is 12.7. The largest absolute Gasteiger partial charge is 0.493 e. The van der Waals surface area contributed by atoms with Crippen LogP contribution in [0.5, 0.6) is 23.0 Å². The third-order valence-corrected chi connectivity index (χ3v) is 4.32. The Bertz CT molecular complexity index is 723. The molecule has 6 heteroatoms. The smallest absolute Gasteiger partial charge is 0.164 e. The third-order valence-electron chi connectivity index (χ3n) is 4.32. The lowest BCUT2D eigenvalue weighted by Crippen LogP contribution is -2.39. The summed E-state index contributed by atoms with van der Waals surface area (Å²) in [4.78, 5) is 0. The quantitative estimate of drug-likeness (QED) is 0.685. The molecule has 0 spiro atoms. The van der Waals surface area contributed by atoms with Crippen molar-refractivity contribution in [3.63, 3.8) is 0 Å². The Hall–Kier alpha value is -2.11. The van der Waals surface area contributed by atoms with E-state index < -0.39 is 0 Å². The van der Waals surface area contributed by atoms with Gasteiger partial charge in [0.2, 0.25) is 0 Å². The lowest BCUT2D eigenvalue weighted by molar-refractivity contribution is 0.0897. The number of nitrogens with one attached hydrogen (secondary N) is 1. The van der Waals surface area contributed by atoms with Crippen LogP contribution in [0.25, 0.3) is 0 Å². The normalized spacial score (nSPS) is 15.2. The number of methoxy groups -OCH3 is 1. The van der Waals surface area contributed by atoms with Crippen LogP contribution in [0.4, 0.5) is 0 Å². The van der Waals surface area contributed by atoms with Crippen molar-refractivity contribution in [3.8, 4) is 23.0 Å². The molecule has 0 radical (unpaired) electrons. The monoisotopic (exact) mass is 393 g/mol. The summed E-state index contributed by atoms with van der Waals surface area (Å²) in [6.45, 7) is 6.84. The molecule has 2 aromatic carbocycles. The summed E-state index contributed by atoms with van der Waals surface area (Å²) in [6, 6.07) is 13.8. The molecule has 0 bridgehead atoms. The predicted molar refractivity (Wildman–Crippen MR) is 109 cm³/mol. The van der Waals surface area contributed by atoms with Crippen molar-refractivity contribution < 1.29 is 18.9 Å². The summed E-state index contributed by atoms with van der Waals surface area (Å²) in [7, 11) is 1.67. The number of fused-ring (bicyclic) bond motifs is 1. The molecule has 0 unspecified atom stereocenters. The fraction of sp³-hybridized carbons (Fsp3) is 0.429. The van der Waals surface area contributed by atoms with Gasteiger partial charge in [0.1, 0.15) is 19.3 Å². The highest BCUT2D eigenvalue weighted by Gasteiger charge is 2.20. The second-order valence-corrected chi connectivity index (χ2v) is 6.58. The van der Waals surface area contributed by atoms with Crippen molar-refractivity contribution >= 4 is 12.4 Å². The summed E-state index contributed by atoms with van der Waals surface area (Å²) in [5.74, 6) is 3.59. The van der Waals surface area contributed by atoms with Gasteiger partial charge in [-0.2, -0.15) is 0 Å². The fourth-order valence-corrected chi connectivity index (χ4v) is 2.95. The first-order valence-corrected chi connectivity index (χ1v) is 9.08. The van der Waals surface area contributed by atoms with E-state index in [9.17, 15) is 0 Å². The minimum absolute atomic E-state index is 0. The van der Waals surface area contributed by atoms with Gasteiger partial charge in [0, 0.05) is 18.7 Å². The maximum absolute atomic E-state index is 6.01. The van der Waals surface area contributed by atoms with E-state index in [1.165, 1.54) is 0 Å². The molecular weight excluding hydrogens is 366 g/mol. The summed E-state index contributed by atoms with van der Waals surface area (Å²) < 4.78 is 23.1. The van der Waals surface area contributed by atoms with Gasteiger partial charge in [0.05, 0.1) is 7.11 Å². The standard InChI is InChI=1S/C21H27NO4.ClH/c1-15(2)17-7-6-10-20(23-3)21(17)24-12-11-22-13-16-14-25-18-8-4-5-9-19(18)26-16;/h4-10,15-16,22H,11-14H2,1-3H3;1H/t16-;/m0./s1. The highest BCUT2D eigenvalue weighted by molar-refractivity contribution is 5.85. The van der Waals surface area contributed by atoms with E-state index in [0.717, 1.165) is 35.1 Å². The van der Waals surface area contributed by atoms with Gasteiger partial charge in [0.15, 0.2) is 23.0 Å². The van der Waals surface area contributed by atoms with Crippen LogP contribution in [-0.4, -0.2) is 39.5 Å². The predicted octanol–water partition coefficient (Wildman–Crippen LogP) is 4.05. The Morgan fingerprint density at radius 1 is 1.11 bits per heavy atom. The Labute approximate surface area is 167 Å². The van der Waals surface area contributed by atoms with E-state index >= 15 is 0 Å². The van der Waals surface area contributed by atoms with Crippen LogP contribution in [0.2, 0.25) is 0 Å². The molecule has 0 saturated carbocycles. The molecule has 0 aliphatic carbocycles.